The first-order valence-electron chi connectivity index (χ1n) is 20.8. The molecule has 5 amide bonds. The maximum absolute atomic E-state index is 14.3. The Morgan fingerprint density at radius 1 is 0.852 bits per heavy atom. The van der Waals surface area contributed by atoms with E-state index in [1.54, 1.807) is 36.4 Å². The molecule has 1 aliphatic carbocycles. The highest BCUT2D eigenvalue weighted by molar-refractivity contribution is 6.31. The zero-order valence-corrected chi connectivity index (χ0v) is 35.6. The quantitative estimate of drug-likeness (QED) is 0.193. The summed E-state index contributed by atoms with van der Waals surface area (Å²) in [5.41, 5.74) is 4.89. The Morgan fingerprint density at radius 2 is 1.48 bits per heavy atom. The molecule has 2 aromatic carbocycles. The second kappa shape index (κ2) is 16.3. The van der Waals surface area contributed by atoms with Crippen LogP contribution in [0.3, 0.4) is 0 Å². The predicted octanol–water partition coefficient (Wildman–Crippen LogP) is 3.76. The van der Waals surface area contributed by atoms with Gasteiger partial charge in [-0.3, -0.25) is 43.6 Å². The number of aromatic nitrogens is 2. The van der Waals surface area contributed by atoms with Gasteiger partial charge in [0.05, 0.1) is 33.3 Å². The lowest BCUT2D eigenvalue weighted by atomic mass is 9.48. The van der Waals surface area contributed by atoms with Gasteiger partial charge in [0.15, 0.2) is 0 Å². The lowest BCUT2D eigenvalue weighted by molar-refractivity contribution is -0.216. The van der Waals surface area contributed by atoms with Crippen LogP contribution >= 0.6 is 11.6 Å². The number of piperazine rings is 1. The number of ether oxygens (including phenoxy) is 2. The molecule has 8 rings (SSSR count). The van der Waals surface area contributed by atoms with Crippen molar-refractivity contribution in [2.45, 2.75) is 77.7 Å². The average molecular weight is 852 g/mol. The molecule has 4 fully saturated rings. The van der Waals surface area contributed by atoms with Gasteiger partial charge in [-0.1, -0.05) is 39.3 Å². The van der Waals surface area contributed by atoms with Crippen molar-refractivity contribution in [3.63, 3.8) is 0 Å². The van der Waals surface area contributed by atoms with E-state index in [1.807, 2.05) is 33.8 Å². The molecule has 5 heterocycles. The van der Waals surface area contributed by atoms with Gasteiger partial charge in [-0.2, -0.15) is 5.26 Å². The van der Waals surface area contributed by atoms with Crippen molar-refractivity contribution in [2.75, 3.05) is 57.3 Å². The number of benzene rings is 2. The Bertz CT molecular complexity index is 2280. The third-order valence-corrected chi connectivity index (χ3v) is 13.3. The van der Waals surface area contributed by atoms with Gasteiger partial charge in [0, 0.05) is 75.0 Å². The van der Waals surface area contributed by atoms with Crippen LogP contribution in [0.25, 0.3) is 0 Å². The molecule has 0 radical (unpaired) electrons. The van der Waals surface area contributed by atoms with Gasteiger partial charge in [-0.05, 0) is 62.7 Å². The first-order chi connectivity index (χ1) is 29.1. The topological polar surface area (TPSA) is 196 Å². The van der Waals surface area contributed by atoms with Crippen LogP contribution in [0.4, 0.5) is 5.95 Å². The van der Waals surface area contributed by atoms with E-state index in [4.69, 9.17) is 26.8 Å². The van der Waals surface area contributed by atoms with Crippen molar-refractivity contribution in [2.24, 2.45) is 16.6 Å². The standard InChI is InChI=1S/C44H50ClN9O7/c1-43(2)40(44(3,4)41(43)61-29-8-7-26(21-46)33(45)20-29)54-35(55)12-11-34(39(54)59)53-37(57)31-10-9-28(19-32(31)38(53)58)60-30-24-51(25-30)14-6-5-13-50-15-17-52(18-16-50)42-48-22-27(23-49-42)36(47)56/h7-10,19-20,22-23,30,34,40-41H,5-6,11-18,24-25H2,1-4H3,(H2,47,56). The normalized spacial score (nSPS) is 23.9. The van der Waals surface area contributed by atoms with Gasteiger partial charge < -0.3 is 20.1 Å². The number of nitriles is 1. The second-order valence-corrected chi connectivity index (χ2v) is 18.2. The molecule has 5 aliphatic rings. The summed E-state index contributed by atoms with van der Waals surface area (Å²) in [5, 5.41) is 9.53. The van der Waals surface area contributed by atoms with Crippen LogP contribution < -0.4 is 20.1 Å². The number of piperidine rings is 1. The molecule has 0 bridgehead atoms. The van der Waals surface area contributed by atoms with E-state index in [2.05, 4.69) is 24.7 Å². The van der Waals surface area contributed by atoms with Gasteiger partial charge in [0.1, 0.15) is 35.8 Å². The van der Waals surface area contributed by atoms with Gasteiger partial charge in [-0.25, -0.2) is 9.97 Å². The number of rotatable bonds is 13. The molecule has 1 atom stereocenters. The number of hydrogen-bond acceptors (Lipinski definition) is 13. The zero-order valence-electron chi connectivity index (χ0n) is 34.8. The lowest BCUT2D eigenvalue weighted by Gasteiger charge is -2.65. The number of amides is 5. The largest absolute Gasteiger partial charge is 0.489 e. The molecule has 1 saturated carbocycles. The van der Waals surface area contributed by atoms with Crippen LogP contribution in [0.5, 0.6) is 11.5 Å². The molecule has 3 aromatic rings. The maximum atomic E-state index is 14.3. The number of nitrogens with two attached hydrogens (primary N) is 1. The van der Waals surface area contributed by atoms with E-state index in [9.17, 15) is 29.2 Å². The summed E-state index contributed by atoms with van der Waals surface area (Å²) in [6.45, 7) is 14.6. The number of carbonyl (C=O) groups excluding carboxylic acids is 5. The van der Waals surface area contributed by atoms with Crippen molar-refractivity contribution in [3.8, 4) is 17.6 Å². The number of unbranched alkanes of at least 4 members (excludes halogenated alkanes) is 1. The molecule has 4 aliphatic heterocycles. The van der Waals surface area contributed by atoms with Crippen LogP contribution in [0.1, 0.15) is 90.0 Å². The van der Waals surface area contributed by atoms with Crippen molar-refractivity contribution < 1.29 is 33.4 Å². The summed E-state index contributed by atoms with van der Waals surface area (Å²) in [4.78, 5) is 84.6. The van der Waals surface area contributed by atoms with Gasteiger partial charge in [0.25, 0.3) is 23.6 Å². The fourth-order valence-electron chi connectivity index (χ4n) is 10.2. The minimum Gasteiger partial charge on any atom is -0.489 e. The Labute approximate surface area is 359 Å². The van der Waals surface area contributed by atoms with Gasteiger partial charge >= 0.3 is 0 Å². The van der Waals surface area contributed by atoms with E-state index in [-0.39, 0.29) is 41.0 Å². The van der Waals surface area contributed by atoms with Crippen molar-refractivity contribution in [1.82, 2.24) is 29.6 Å². The molecule has 17 heteroatoms. The second-order valence-electron chi connectivity index (χ2n) is 17.8. The van der Waals surface area contributed by atoms with Crippen molar-refractivity contribution >= 4 is 47.1 Å². The van der Waals surface area contributed by atoms with Crippen molar-refractivity contribution in [1.29, 1.82) is 5.26 Å². The van der Waals surface area contributed by atoms with Crippen LogP contribution in [0.15, 0.2) is 48.8 Å². The number of hydrogen-bond donors (Lipinski definition) is 1. The minimum absolute atomic E-state index is 0.000259. The number of nitrogens with zero attached hydrogens (tertiary/aromatic N) is 8. The minimum atomic E-state index is -1.13. The Kier molecular flexibility index (Phi) is 11.3. The third kappa shape index (κ3) is 7.79. The van der Waals surface area contributed by atoms with Gasteiger partial charge in [0.2, 0.25) is 11.9 Å². The van der Waals surface area contributed by atoms with E-state index < -0.39 is 52.6 Å². The highest BCUT2D eigenvalue weighted by Crippen LogP contribution is 2.58. The number of anilines is 1. The molecule has 0 spiro atoms. The number of primary amides is 1. The fourth-order valence-corrected chi connectivity index (χ4v) is 10.4. The average Bonchev–Trinajstić information content (AvgIpc) is 3.46. The molecule has 320 valence electrons. The summed E-state index contributed by atoms with van der Waals surface area (Å²) in [5.74, 6) is -1.06. The molecule has 2 N–H and O–H groups in total. The summed E-state index contributed by atoms with van der Waals surface area (Å²) >= 11 is 6.27. The Balaban J connectivity index is 0.811. The number of imide groups is 2. The number of fused-ring (bicyclic) bond motifs is 1. The summed E-state index contributed by atoms with van der Waals surface area (Å²) in [6.07, 6.45) is 4.61. The molecule has 1 unspecified atom stereocenters. The van der Waals surface area contributed by atoms with Crippen LogP contribution in [0.2, 0.25) is 5.02 Å². The predicted molar refractivity (Wildman–Crippen MR) is 223 cm³/mol. The highest BCUT2D eigenvalue weighted by Gasteiger charge is 2.68. The molecule has 61 heavy (non-hydrogen) atoms. The first-order valence-corrected chi connectivity index (χ1v) is 21.2. The number of likely N-dealkylation sites (tertiary alicyclic amines) is 2. The lowest BCUT2D eigenvalue weighted by Crippen LogP contribution is -2.77. The highest BCUT2D eigenvalue weighted by atomic mass is 35.5. The number of carbonyl (C=O) groups is 5. The third-order valence-electron chi connectivity index (χ3n) is 13.0. The Morgan fingerprint density at radius 3 is 2.11 bits per heavy atom. The fraction of sp³-hybridized carbons (Fsp3) is 0.500. The van der Waals surface area contributed by atoms with E-state index in [0.29, 0.717) is 28.6 Å². The van der Waals surface area contributed by atoms with E-state index in [1.165, 1.54) is 17.3 Å². The number of halogens is 1. The van der Waals surface area contributed by atoms with Crippen LogP contribution in [-0.4, -0.2) is 136 Å². The van der Waals surface area contributed by atoms with E-state index in [0.717, 1.165) is 70.1 Å². The summed E-state index contributed by atoms with van der Waals surface area (Å²) in [6, 6.07) is 10.0. The summed E-state index contributed by atoms with van der Waals surface area (Å²) < 4.78 is 12.6. The SMILES string of the molecule is CC1(C)C(Oc2ccc(C#N)c(Cl)c2)C(C)(C)C1N1C(=O)CCC(N2C(=O)c3ccc(OC4CN(CCCCN5CCN(c6ncc(C(N)=O)cn6)CC5)C4)cc3C2=O)C1=O. The van der Waals surface area contributed by atoms with Crippen LogP contribution in [0, 0.1) is 22.2 Å². The first kappa shape index (κ1) is 42.1. The van der Waals surface area contributed by atoms with E-state index >= 15 is 0 Å². The molecular weight excluding hydrogens is 802 g/mol. The smallest absolute Gasteiger partial charge is 0.262 e. The molecular formula is C44H50ClN9O7. The summed E-state index contributed by atoms with van der Waals surface area (Å²) in [7, 11) is 0. The van der Waals surface area contributed by atoms with Crippen LogP contribution in [-0.2, 0) is 9.59 Å². The van der Waals surface area contributed by atoms with Gasteiger partial charge in [-0.15, -0.1) is 0 Å². The zero-order chi connectivity index (χ0) is 43.4. The molecule has 3 saturated heterocycles. The molecule has 16 nitrogen and oxygen atoms in total. The maximum Gasteiger partial charge on any atom is 0.262 e. The van der Waals surface area contributed by atoms with Crippen molar-refractivity contribution in [3.05, 3.63) is 76.1 Å². The monoisotopic (exact) mass is 851 g/mol. The molecule has 1 aromatic heterocycles. The Hall–Kier alpha value is -5.63.